The van der Waals surface area contributed by atoms with Crippen LogP contribution in [0.2, 0.25) is 0 Å². The minimum Gasteiger partial charge on any atom is -0.273 e. The van der Waals surface area contributed by atoms with Gasteiger partial charge in [-0.1, -0.05) is 5.92 Å². The van der Waals surface area contributed by atoms with Gasteiger partial charge < -0.3 is 0 Å². The molecule has 0 rings (SSSR count). The first-order valence-electron chi connectivity index (χ1n) is 1.92. The molecule has 1 N–H and O–H groups in total. The lowest BCUT2D eigenvalue weighted by Crippen LogP contribution is -2.15. The van der Waals surface area contributed by atoms with Gasteiger partial charge in [0.05, 0.1) is 6.42 Å². The van der Waals surface area contributed by atoms with Crippen molar-refractivity contribution in [1.82, 2.24) is 5.32 Å². The molecule has 0 heterocycles. The van der Waals surface area contributed by atoms with Crippen molar-refractivity contribution in [1.29, 1.82) is 5.26 Å². The van der Waals surface area contributed by atoms with Gasteiger partial charge in [-0.2, -0.15) is 5.26 Å². The summed E-state index contributed by atoms with van der Waals surface area (Å²) >= 11 is 0. The van der Waals surface area contributed by atoms with Gasteiger partial charge in [-0.15, -0.1) is 6.42 Å². The molecule has 1 amide bonds. The van der Waals surface area contributed by atoms with Crippen molar-refractivity contribution in [2.75, 3.05) is 0 Å². The van der Waals surface area contributed by atoms with Crippen molar-refractivity contribution in [3.63, 3.8) is 0 Å². The SMILES string of the molecule is C#CCC(=O)NC#N. The number of hydrogen-bond acceptors (Lipinski definition) is 2. The Kier molecular flexibility index (Phi) is 3.02. The summed E-state index contributed by atoms with van der Waals surface area (Å²) in [7, 11) is 0. The van der Waals surface area contributed by atoms with Crippen LogP contribution in [0.4, 0.5) is 0 Å². The zero-order valence-electron chi connectivity index (χ0n) is 4.14. The second kappa shape index (κ2) is 3.70. The molecule has 0 aromatic heterocycles. The Morgan fingerprint density at radius 2 is 2.50 bits per heavy atom. The number of rotatable bonds is 1. The minimum absolute atomic E-state index is 0.0342. The molecule has 0 saturated carbocycles. The van der Waals surface area contributed by atoms with Crippen LogP contribution in [0.15, 0.2) is 0 Å². The monoisotopic (exact) mass is 108 g/mol. The summed E-state index contributed by atoms with van der Waals surface area (Å²) in [6.07, 6.45) is 6.16. The van der Waals surface area contributed by atoms with Gasteiger partial charge in [0.2, 0.25) is 5.91 Å². The van der Waals surface area contributed by atoms with Crippen molar-refractivity contribution in [2.24, 2.45) is 0 Å². The van der Waals surface area contributed by atoms with E-state index in [4.69, 9.17) is 11.7 Å². The third kappa shape index (κ3) is 2.74. The van der Waals surface area contributed by atoms with Crippen LogP contribution in [0.5, 0.6) is 0 Å². The van der Waals surface area contributed by atoms with Crippen LogP contribution in [0, 0.1) is 23.8 Å². The largest absolute Gasteiger partial charge is 0.273 e. The number of amides is 1. The quantitative estimate of drug-likeness (QED) is 0.282. The second-order valence-corrected chi connectivity index (χ2v) is 1.04. The number of carbonyl (C=O) groups is 1. The minimum atomic E-state index is -0.435. The summed E-state index contributed by atoms with van der Waals surface area (Å²) in [5, 5.41) is 9.68. The fraction of sp³-hybridized carbons (Fsp3) is 0.200. The van der Waals surface area contributed by atoms with Gasteiger partial charge >= 0.3 is 0 Å². The molecule has 0 saturated heterocycles. The van der Waals surface area contributed by atoms with E-state index >= 15 is 0 Å². The van der Waals surface area contributed by atoms with Crippen LogP contribution in [0.25, 0.3) is 0 Å². The van der Waals surface area contributed by atoms with Crippen LogP contribution >= 0.6 is 0 Å². The average Bonchev–Trinajstić information content (AvgIpc) is 1.68. The van der Waals surface area contributed by atoms with E-state index in [1.807, 2.05) is 5.32 Å². The van der Waals surface area contributed by atoms with Crippen LogP contribution in [0.3, 0.4) is 0 Å². The van der Waals surface area contributed by atoms with Gasteiger partial charge in [0.25, 0.3) is 0 Å². The standard InChI is InChI=1S/C5H4N2O/c1-2-3-5(8)7-4-6/h1H,3H2,(H,7,8). The number of nitrogens with zero attached hydrogens (tertiary/aromatic N) is 1. The highest BCUT2D eigenvalue weighted by molar-refractivity contribution is 5.79. The van der Waals surface area contributed by atoms with E-state index in [0.717, 1.165) is 0 Å². The third-order valence-corrected chi connectivity index (χ3v) is 0.458. The number of carbonyl (C=O) groups excluding carboxylic acids is 1. The molecule has 0 atom stereocenters. The maximum atomic E-state index is 10.2. The Bertz CT molecular complexity index is 142. The lowest BCUT2D eigenvalue weighted by molar-refractivity contribution is -0.118. The van der Waals surface area contributed by atoms with E-state index < -0.39 is 5.91 Å². The van der Waals surface area contributed by atoms with Crippen molar-refractivity contribution in [3.05, 3.63) is 0 Å². The summed E-state index contributed by atoms with van der Waals surface area (Å²) in [5.41, 5.74) is 0. The Labute approximate surface area is 47.3 Å². The third-order valence-electron chi connectivity index (χ3n) is 0.458. The summed E-state index contributed by atoms with van der Waals surface area (Å²) in [4.78, 5) is 10.2. The lowest BCUT2D eigenvalue weighted by atomic mass is 10.4. The molecule has 0 radical (unpaired) electrons. The number of nitriles is 1. The Hall–Kier alpha value is -1.48. The fourth-order valence-corrected chi connectivity index (χ4v) is 0.199. The zero-order valence-corrected chi connectivity index (χ0v) is 4.14. The molecular weight excluding hydrogens is 104 g/mol. The first-order valence-corrected chi connectivity index (χ1v) is 1.92. The smallest absolute Gasteiger partial charge is 0.244 e. The molecule has 0 aliphatic heterocycles. The van der Waals surface area contributed by atoms with E-state index in [2.05, 4.69) is 5.92 Å². The molecule has 8 heavy (non-hydrogen) atoms. The Morgan fingerprint density at radius 1 is 1.88 bits per heavy atom. The van der Waals surface area contributed by atoms with E-state index in [1.165, 1.54) is 6.19 Å². The molecule has 0 unspecified atom stereocenters. The van der Waals surface area contributed by atoms with Crippen molar-refractivity contribution in [3.8, 4) is 18.5 Å². The van der Waals surface area contributed by atoms with Gasteiger partial charge in [0, 0.05) is 0 Å². The van der Waals surface area contributed by atoms with E-state index in [0.29, 0.717) is 0 Å². The average molecular weight is 108 g/mol. The molecule has 0 aromatic rings. The van der Waals surface area contributed by atoms with E-state index in [-0.39, 0.29) is 6.42 Å². The number of hydrogen-bond donors (Lipinski definition) is 1. The first-order chi connectivity index (χ1) is 3.81. The fourth-order valence-electron chi connectivity index (χ4n) is 0.199. The highest BCUT2D eigenvalue weighted by atomic mass is 16.1. The Balaban J connectivity index is 3.41. The van der Waals surface area contributed by atoms with Gasteiger partial charge in [0.1, 0.15) is 0 Å². The van der Waals surface area contributed by atoms with Crippen LogP contribution in [-0.4, -0.2) is 5.91 Å². The molecule has 0 aliphatic rings. The maximum absolute atomic E-state index is 10.2. The predicted octanol–water partition coefficient (Wildman–Crippen LogP) is -0.393. The Morgan fingerprint density at radius 3 is 2.88 bits per heavy atom. The first kappa shape index (κ1) is 6.52. The summed E-state index contributed by atoms with van der Waals surface area (Å²) < 4.78 is 0. The number of nitrogens with one attached hydrogen (secondary N) is 1. The van der Waals surface area contributed by atoms with Gasteiger partial charge in [0.15, 0.2) is 6.19 Å². The second-order valence-electron chi connectivity index (χ2n) is 1.04. The van der Waals surface area contributed by atoms with E-state index in [1.54, 1.807) is 0 Å². The lowest BCUT2D eigenvalue weighted by Gasteiger charge is -1.83. The molecular formula is C5H4N2O. The molecule has 0 aromatic carbocycles. The van der Waals surface area contributed by atoms with Crippen LogP contribution in [-0.2, 0) is 4.79 Å². The topological polar surface area (TPSA) is 52.9 Å². The summed E-state index contributed by atoms with van der Waals surface area (Å²) in [6, 6.07) is 0. The van der Waals surface area contributed by atoms with Crippen molar-refractivity contribution >= 4 is 5.91 Å². The molecule has 0 aliphatic carbocycles. The van der Waals surface area contributed by atoms with Crippen LogP contribution in [0.1, 0.15) is 6.42 Å². The molecule has 40 valence electrons. The van der Waals surface area contributed by atoms with Crippen molar-refractivity contribution < 1.29 is 4.79 Å². The summed E-state index contributed by atoms with van der Waals surface area (Å²) in [6.45, 7) is 0. The van der Waals surface area contributed by atoms with Gasteiger partial charge in [-0.25, -0.2) is 0 Å². The van der Waals surface area contributed by atoms with Gasteiger partial charge in [-0.3, -0.25) is 10.1 Å². The molecule has 0 fully saturated rings. The maximum Gasteiger partial charge on any atom is 0.244 e. The predicted molar refractivity (Wildman–Crippen MR) is 27.2 cm³/mol. The van der Waals surface area contributed by atoms with Crippen LogP contribution < -0.4 is 5.32 Å². The molecule has 3 heteroatoms. The molecule has 3 nitrogen and oxygen atoms in total. The highest BCUT2D eigenvalue weighted by Gasteiger charge is 1.91. The molecule has 0 bridgehead atoms. The van der Waals surface area contributed by atoms with Crippen molar-refractivity contribution in [2.45, 2.75) is 6.42 Å². The number of terminal acetylenes is 1. The summed E-state index contributed by atoms with van der Waals surface area (Å²) in [5.74, 6) is 1.65. The van der Waals surface area contributed by atoms with E-state index in [9.17, 15) is 4.79 Å². The molecule has 0 spiro atoms. The van der Waals surface area contributed by atoms with Gasteiger partial charge in [-0.05, 0) is 0 Å². The highest BCUT2D eigenvalue weighted by Crippen LogP contribution is 1.70. The normalized spacial score (nSPS) is 6.25. The zero-order chi connectivity index (χ0) is 6.41.